The second-order valence-corrected chi connectivity index (χ2v) is 10.7. The molecule has 0 aromatic heterocycles. The van der Waals surface area contributed by atoms with Crippen molar-refractivity contribution < 1.29 is 18.9 Å². The summed E-state index contributed by atoms with van der Waals surface area (Å²) in [5.41, 5.74) is 5.66. The highest BCUT2D eigenvalue weighted by atomic mass is 16.5. The van der Waals surface area contributed by atoms with Crippen molar-refractivity contribution in [2.75, 3.05) is 55.1 Å². The fourth-order valence-corrected chi connectivity index (χ4v) is 7.00. The lowest BCUT2D eigenvalue weighted by molar-refractivity contribution is 0.0340. The first kappa shape index (κ1) is 25.2. The van der Waals surface area contributed by atoms with Gasteiger partial charge in [-0.25, -0.2) is 0 Å². The van der Waals surface area contributed by atoms with Crippen LogP contribution in [-0.2, 0) is 12.8 Å². The van der Waals surface area contributed by atoms with E-state index in [1.165, 1.54) is 48.1 Å². The molecule has 6 heteroatoms. The topological polar surface area (TPSA) is 43.4 Å². The van der Waals surface area contributed by atoms with E-state index in [1.807, 2.05) is 0 Å². The van der Waals surface area contributed by atoms with Crippen molar-refractivity contribution in [3.05, 3.63) is 46.5 Å². The normalized spacial score (nSPS) is 25.9. The summed E-state index contributed by atoms with van der Waals surface area (Å²) in [5, 5.41) is 0. The lowest BCUT2D eigenvalue weighted by Gasteiger charge is -2.49. The minimum absolute atomic E-state index is 0.396. The molecule has 1 saturated heterocycles. The van der Waals surface area contributed by atoms with E-state index in [0.717, 1.165) is 48.9 Å². The Morgan fingerprint density at radius 2 is 1.31 bits per heavy atom. The van der Waals surface area contributed by atoms with Gasteiger partial charge in [0.25, 0.3) is 0 Å². The molecule has 1 unspecified atom stereocenters. The minimum atomic E-state index is 0.396. The smallest absolute Gasteiger partial charge is 0.161 e. The molecule has 1 fully saturated rings. The Morgan fingerprint density at radius 1 is 0.750 bits per heavy atom. The van der Waals surface area contributed by atoms with E-state index in [2.05, 4.69) is 48.0 Å². The third kappa shape index (κ3) is 4.43. The quantitative estimate of drug-likeness (QED) is 0.521. The second kappa shape index (κ2) is 10.5. The zero-order valence-corrected chi connectivity index (χ0v) is 22.8. The van der Waals surface area contributed by atoms with Crippen LogP contribution in [0.1, 0.15) is 60.5 Å². The Bertz CT molecular complexity index is 1090. The molecule has 2 aromatic carbocycles. The number of fused-ring (bicyclic) bond motifs is 4. The second-order valence-electron chi connectivity index (χ2n) is 10.7. The average molecular weight is 495 g/mol. The molecule has 196 valence electrons. The highest BCUT2D eigenvalue weighted by Crippen LogP contribution is 2.49. The third-order valence-corrected chi connectivity index (χ3v) is 9.10. The van der Waals surface area contributed by atoms with Crippen molar-refractivity contribution >= 4 is 0 Å². The average Bonchev–Trinajstić information content (AvgIpc) is 2.92. The van der Waals surface area contributed by atoms with Gasteiger partial charge in [-0.2, -0.15) is 0 Å². The predicted molar refractivity (Wildman–Crippen MR) is 143 cm³/mol. The largest absolute Gasteiger partial charge is 0.493 e. The first-order valence-electron chi connectivity index (χ1n) is 13.4. The van der Waals surface area contributed by atoms with Crippen molar-refractivity contribution in [2.45, 2.75) is 51.1 Å². The summed E-state index contributed by atoms with van der Waals surface area (Å²) in [4.78, 5) is 5.28. The first-order valence-corrected chi connectivity index (χ1v) is 13.4. The molecule has 5 rings (SSSR count). The Morgan fingerprint density at radius 3 is 1.92 bits per heavy atom. The molecule has 0 spiro atoms. The molecule has 0 saturated carbocycles. The molecule has 3 aliphatic heterocycles. The molecule has 3 heterocycles. The zero-order valence-electron chi connectivity index (χ0n) is 22.8. The highest BCUT2D eigenvalue weighted by Gasteiger charge is 2.41. The van der Waals surface area contributed by atoms with Crippen molar-refractivity contribution in [3.63, 3.8) is 0 Å². The number of benzene rings is 2. The number of hydrogen-bond acceptors (Lipinski definition) is 6. The van der Waals surface area contributed by atoms with E-state index in [1.54, 1.807) is 28.4 Å². The SMILES string of the molecule is CC[C@H]1CN2CCc3cc(OC)c(OC)cc3C2C[C@@H]1C[C@@H]1c2cc(OC)c(OC)cc2CCN1C. The minimum Gasteiger partial charge on any atom is -0.493 e. The van der Waals surface area contributed by atoms with Crippen LogP contribution in [0.5, 0.6) is 23.0 Å². The van der Waals surface area contributed by atoms with Crippen LogP contribution >= 0.6 is 0 Å². The Hall–Kier alpha value is -2.44. The summed E-state index contributed by atoms with van der Waals surface area (Å²) in [5.74, 6) is 4.72. The van der Waals surface area contributed by atoms with Gasteiger partial charge in [0.1, 0.15) is 0 Å². The number of hydrogen-bond donors (Lipinski definition) is 0. The molecule has 0 bridgehead atoms. The number of nitrogens with zero attached hydrogens (tertiary/aromatic N) is 2. The summed E-state index contributed by atoms with van der Waals surface area (Å²) in [6.45, 7) is 5.75. The van der Waals surface area contributed by atoms with Crippen LogP contribution in [0.25, 0.3) is 0 Å². The van der Waals surface area contributed by atoms with E-state index in [4.69, 9.17) is 18.9 Å². The molecule has 3 aliphatic rings. The van der Waals surface area contributed by atoms with Crippen LogP contribution in [0, 0.1) is 11.8 Å². The Kier molecular flexibility index (Phi) is 7.36. The summed E-state index contributed by atoms with van der Waals surface area (Å²) < 4.78 is 22.6. The monoisotopic (exact) mass is 494 g/mol. The van der Waals surface area contributed by atoms with Gasteiger partial charge in [-0.3, -0.25) is 9.80 Å². The van der Waals surface area contributed by atoms with Crippen molar-refractivity contribution in [3.8, 4) is 23.0 Å². The molecule has 36 heavy (non-hydrogen) atoms. The third-order valence-electron chi connectivity index (χ3n) is 9.10. The van der Waals surface area contributed by atoms with E-state index >= 15 is 0 Å². The Labute approximate surface area is 216 Å². The lowest BCUT2D eigenvalue weighted by atomic mass is 9.72. The molecule has 2 aromatic rings. The maximum atomic E-state index is 5.70. The summed E-state index contributed by atoms with van der Waals surface area (Å²) in [6, 6.07) is 9.72. The van der Waals surface area contributed by atoms with Crippen molar-refractivity contribution in [1.29, 1.82) is 0 Å². The standard InChI is InChI=1S/C30H42N2O4/c1-7-19-18-32-11-9-21-15-28(34-4)30(36-6)17-24(21)26(32)13-22(19)12-25-23-16-29(35-5)27(33-3)14-20(23)8-10-31(25)2/h14-17,19,22,25-26H,7-13,18H2,1-6H3/t19-,22-,25+,26?/m0/s1. The molecule has 6 nitrogen and oxygen atoms in total. The highest BCUT2D eigenvalue weighted by molar-refractivity contribution is 5.50. The fourth-order valence-electron chi connectivity index (χ4n) is 7.00. The summed E-state index contributed by atoms with van der Waals surface area (Å²) >= 11 is 0. The van der Waals surface area contributed by atoms with Gasteiger partial charge in [-0.05, 0) is 91.1 Å². The Balaban J connectivity index is 1.46. The van der Waals surface area contributed by atoms with E-state index in [-0.39, 0.29) is 0 Å². The van der Waals surface area contributed by atoms with Gasteiger partial charge >= 0.3 is 0 Å². The van der Waals surface area contributed by atoms with Gasteiger partial charge in [0.15, 0.2) is 23.0 Å². The van der Waals surface area contributed by atoms with Gasteiger partial charge in [0.05, 0.1) is 28.4 Å². The van der Waals surface area contributed by atoms with Crippen LogP contribution in [0.4, 0.5) is 0 Å². The number of ether oxygens (including phenoxy) is 4. The van der Waals surface area contributed by atoms with Gasteiger partial charge in [0.2, 0.25) is 0 Å². The summed E-state index contributed by atoms with van der Waals surface area (Å²) in [7, 11) is 9.21. The van der Waals surface area contributed by atoms with Crippen LogP contribution < -0.4 is 18.9 Å². The van der Waals surface area contributed by atoms with E-state index < -0.39 is 0 Å². The van der Waals surface area contributed by atoms with Gasteiger partial charge in [-0.15, -0.1) is 0 Å². The summed E-state index contributed by atoms with van der Waals surface area (Å²) in [6.07, 6.45) is 5.71. The molecular formula is C30H42N2O4. The maximum absolute atomic E-state index is 5.70. The van der Waals surface area contributed by atoms with Crippen molar-refractivity contribution in [1.82, 2.24) is 9.80 Å². The van der Waals surface area contributed by atoms with Gasteiger partial charge in [-0.1, -0.05) is 13.3 Å². The molecule has 0 radical (unpaired) electrons. The molecule has 0 amide bonds. The first-order chi connectivity index (χ1) is 17.5. The molecule has 0 N–H and O–H groups in total. The van der Waals surface area contributed by atoms with Crippen LogP contribution in [0.2, 0.25) is 0 Å². The molecule has 0 aliphatic carbocycles. The fraction of sp³-hybridized carbons (Fsp3) is 0.600. The lowest BCUT2D eigenvalue weighted by Crippen LogP contribution is -2.47. The van der Waals surface area contributed by atoms with Crippen LogP contribution in [0.3, 0.4) is 0 Å². The van der Waals surface area contributed by atoms with E-state index in [0.29, 0.717) is 23.9 Å². The molecule has 4 atom stereocenters. The van der Waals surface area contributed by atoms with Gasteiger partial charge < -0.3 is 18.9 Å². The van der Waals surface area contributed by atoms with E-state index in [9.17, 15) is 0 Å². The predicted octanol–water partition coefficient (Wildman–Crippen LogP) is 5.29. The number of piperidine rings is 1. The molecular weight excluding hydrogens is 452 g/mol. The van der Waals surface area contributed by atoms with Crippen LogP contribution in [-0.4, -0.2) is 64.9 Å². The number of methoxy groups -OCH3 is 4. The number of rotatable bonds is 7. The number of likely N-dealkylation sites (N-methyl/N-ethyl adjacent to an activating group) is 1. The van der Waals surface area contributed by atoms with Crippen molar-refractivity contribution in [2.24, 2.45) is 11.8 Å². The maximum Gasteiger partial charge on any atom is 0.161 e. The van der Waals surface area contributed by atoms with Gasteiger partial charge in [0, 0.05) is 31.7 Å². The zero-order chi connectivity index (χ0) is 25.4. The van der Waals surface area contributed by atoms with Crippen LogP contribution in [0.15, 0.2) is 24.3 Å².